The predicted octanol–water partition coefficient (Wildman–Crippen LogP) is 0.827. The summed E-state index contributed by atoms with van der Waals surface area (Å²) in [4.78, 5) is 10.3. The minimum Gasteiger partial charge on any atom is -0.465 e. The van der Waals surface area contributed by atoms with E-state index < -0.39 is 14.1 Å². The summed E-state index contributed by atoms with van der Waals surface area (Å²) in [7, 11) is -1.41. The molecule has 3 N–H and O–H groups in total. The fraction of sp³-hybridized carbons (Fsp3) is 0.333. The van der Waals surface area contributed by atoms with Crippen molar-refractivity contribution in [3.63, 3.8) is 0 Å². The van der Waals surface area contributed by atoms with Crippen molar-refractivity contribution in [3.8, 4) is 0 Å². The van der Waals surface area contributed by atoms with Gasteiger partial charge in [0.15, 0.2) is 0 Å². The zero-order valence-corrected chi connectivity index (χ0v) is 10.1. The topological polar surface area (TPSA) is 80.6 Å². The van der Waals surface area contributed by atoms with Crippen LogP contribution < -0.4 is 16.5 Å². The molecule has 0 spiro atoms. The summed E-state index contributed by atoms with van der Waals surface area (Å²) in [5.41, 5.74) is 6.95. The van der Waals surface area contributed by atoms with Crippen LogP contribution in [0, 0.1) is 0 Å². The van der Waals surface area contributed by atoms with E-state index in [9.17, 15) is 4.79 Å². The molecule has 0 aromatic carbocycles. The lowest BCUT2D eigenvalue weighted by Crippen LogP contribution is -2.36. The molecule has 1 rings (SSSR count). The van der Waals surface area contributed by atoms with E-state index >= 15 is 0 Å². The van der Waals surface area contributed by atoms with Gasteiger partial charge in [0.2, 0.25) is 0 Å². The lowest BCUT2D eigenvalue weighted by Gasteiger charge is -2.10. The second-order valence-corrected chi connectivity index (χ2v) is 9.18. The summed E-state index contributed by atoms with van der Waals surface area (Å²) in [6, 6.07) is 3.07. The van der Waals surface area contributed by atoms with Crippen LogP contribution in [0.2, 0.25) is 19.6 Å². The summed E-state index contributed by atoms with van der Waals surface area (Å²) >= 11 is 0. The van der Waals surface area contributed by atoms with E-state index in [1.54, 1.807) is 0 Å². The average molecular weight is 225 g/mol. The largest absolute Gasteiger partial charge is 0.465 e. The normalized spacial score (nSPS) is 11.9. The highest BCUT2D eigenvalue weighted by Gasteiger charge is 2.20. The third-order valence-corrected chi connectivity index (χ3v) is 3.48. The molecule has 0 aliphatic carbocycles. The van der Waals surface area contributed by atoms with Gasteiger partial charge in [0.25, 0.3) is 0 Å². The van der Waals surface area contributed by atoms with Crippen molar-refractivity contribution in [3.05, 3.63) is 17.9 Å². The quantitative estimate of drug-likeness (QED) is 0.454. The Hall–Kier alpha value is -1.56. The monoisotopic (exact) mass is 225 g/mol. The summed E-state index contributed by atoms with van der Waals surface area (Å²) in [6.07, 6.45) is 1.42. The maximum Gasteiger partial charge on any atom is 0.332 e. The number of primary amides is 1. The van der Waals surface area contributed by atoms with Crippen LogP contribution >= 0.6 is 0 Å². The Kier molecular flexibility index (Phi) is 3.30. The van der Waals surface area contributed by atoms with Gasteiger partial charge in [-0.15, -0.1) is 0 Å². The molecule has 15 heavy (non-hydrogen) atoms. The van der Waals surface area contributed by atoms with Crippen LogP contribution in [0.25, 0.3) is 0 Å². The Balaban J connectivity index is 2.69. The first-order chi connectivity index (χ1) is 6.89. The van der Waals surface area contributed by atoms with Crippen LogP contribution in [0.1, 0.15) is 5.76 Å². The molecule has 0 bridgehead atoms. The smallest absolute Gasteiger partial charge is 0.332 e. The molecule has 0 radical (unpaired) electrons. The van der Waals surface area contributed by atoms with Gasteiger partial charge in [-0.2, -0.15) is 5.10 Å². The Bertz CT molecular complexity index is 379. The van der Waals surface area contributed by atoms with E-state index in [0.717, 1.165) is 5.38 Å². The molecule has 5 nitrogen and oxygen atoms in total. The Morgan fingerprint density at radius 3 is 2.67 bits per heavy atom. The van der Waals surface area contributed by atoms with E-state index in [2.05, 4.69) is 30.2 Å². The van der Waals surface area contributed by atoms with E-state index in [1.807, 2.05) is 12.1 Å². The Morgan fingerprint density at radius 1 is 1.53 bits per heavy atom. The molecule has 0 atom stereocenters. The summed E-state index contributed by atoms with van der Waals surface area (Å²) in [6.45, 7) is 6.57. The third-order valence-electron chi connectivity index (χ3n) is 1.73. The molecule has 0 saturated heterocycles. The average Bonchev–Trinajstić information content (AvgIpc) is 2.51. The van der Waals surface area contributed by atoms with Crippen LogP contribution in [0.3, 0.4) is 0 Å². The number of carbonyl (C=O) groups is 1. The molecule has 82 valence electrons. The van der Waals surface area contributed by atoms with Gasteiger partial charge in [0.05, 0.1) is 11.6 Å². The number of hydrogen-bond acceptors (Lipinski definition) is 3. The number of hydrazone groups is 1. The number of rotatable bonds is 3. The lowest BCUT2D eigenvalue weighted by atomic mass is 10.5. The molecule has 0 aliphatic heterocycles. The van der Waals surface area contributed by atoms with Crippen LogP contribution in [-0.2, 0) is 0 Å². The van der Waals surface area contributed by atoms with Gasteiger partial charge in [-0.25, -0.2) is 10.2 Å². The van der Waals surface area contributed by atoms with Crippen molar-refractivity contribution < 1.29 is 9.21 Å². The van der Waals surface area contributed by atoms with Crippen molar-refractivity contribution in [1.82, 2.24) is 5.43 Å². The first-order valence-electron chi connectivity index (χ1n) is 4.58. The van der Waals surface area contributed by atoms with Crippen LogP contribution in [-0.4, -0.2) is 20.3 Å². The SMILES string of the molecule is C[Si](C)(C)c1ccc(/C=N/NC(N)=O)o1. The van der Waals surface area contributed by atoms with Gasteiger partial charge < -0.3 is 10.2 Å². The second-order valence-electron chi connectivity index (χ2n) is 4.19. The van der Waals surface area contributed by atoms with Crippen molar-refractivity contribution in [2.45, 2.75) is 19.6 Å². The third kappa shape index (κ3) is 3.59. The molecule has 6 heteroatoms. The maximum atomic E-state index is 10.3. The summed E-state index contributed by atoms with van der Waals surface area (Å²) in [5, 5.41) is 4.61. The van der Waals surface area contributed by atoms with Gasteiger partial charge in [-0.1, -0.05) is 19.6 Å². The van der Waals surface area contributed by atoms with Crippen molar-refractivity contribution in [2.75, 3.05) is 0 Å². The van der Waals surface area contributed by atoms with Crippen LogP contribution in [0.5, 0.6) is 0 Å². The Morgan fingerprint density at radius 2 is 2.20 bits per heavy atom. The summed E-state index contributed by atoms with van der Waals surface area (Å²) < 4.78 is 5.55. The van der Waals surface area contributed by atoms with E-state index in [-0.39, 0.29) is 0 Å². The predicted molar refractivity (Wildman–Crippen MR) is 62.0 cm³/mol. The number of carbonyl (C=O) groups excluding carboxylic acids is 1. The number of hydrogen-bond donors (Lipinski definition) is 2. The standard InChI is InChI=1S/C9H15N3O2Si/c1-15(2,3)8-5-4-7(14-8)6-11-12-9(10)13/h4-6H,1-3H3,(H3,10,12,13)/b11-6+. The molecule has 1 aromatic rings. The van der Waals surface area contributed by atoms with Gasteiger partial charge >= 0.3 is 6.03 Å². The van der Waals surface area contributed by atoms with Crippen LogP contribution in [0.15, 0.2) is 21.7 Å². The molecule has 0 aliphatic rings. The molecular weight excluding hydrogens is 210 g/mol. The van der Waals surface area contributed by atoms with Crippen molar-refractivity contribution in [1.29, 1.82) is 0 Å². The molecule has 0 saturated carbocycles. The molecule has 1 heterocycles. The van der Waals surface area contributed by atoms with Gasteiger partial charge in [0.1, 0.15) is 13.8 Å². The number of urea groups is 1. The first-order valence-corrected chi connectivity index (χ1v) is 8.08. The minimum atomic E-state index is -1.41. The first kappa shape index (κ1) is 11.5. The minimum absolute atomic E-state index is 0.612. The fourth-order valence-corrected chi connectivity index (χ4v) is 1.99. The maximum absolute atomic E-state index is 10.3. The van der Waals surface area contributed by atoms with Crippen molar-refractivity contribution in [2.24, 2.45) is 10.8 Å². The fourth-order valence-electron chi connectivity index (χ4n) is 0.985. The Labute approximate surface area is 89.3 Å². The van der Waals surface area contributed by atoms with E-state index in [0.29, 0.717) is 5.76 Å². The highest BCUT2D eigenvalue weighted by Crippen LogP contribution is 2.04. The highest BCUT2D eigenvalue weighted by molar-refractivity contribution is 6.87. The van der Waals surface area contributed by atoms with E-state index in [1.165, 1.54) is 6.21 Å². The van der Waals surface area contributed by atoms with Crippen molar-refractivity contribution >= 4 is 25.7 Å². The zero-order valence-electron chi connectivity index (χ0n) is 9.07. The molecule has 0 fully saturated rings. The van der Waals surface area contributed by atoms with Gasteiger partial charge in [-0.3, -0.25) is 0 Å². The number of amides is 2. The molecular formula is C9H15N3O2Si. The number of nitrogens with one attached hydrogen (secondary N) is 1. The zero-order chi connectivity index (χ0) is 11.5. The number of nitrogens with two attached hydrogens (primary N) is 1. The van der Waals surface area contributed by atoms with E-state index in [4.69, 9.17) is 10.2 Å². The molecule has 2 amide bonds. The number of nitrogens with zero attached hydrogens (tertiary/aromatic N) is 1. The van der Waals surface area contributed by atoms with Gasteiger partial charge in [0, 0.05) is 0 Å². The lowest BCUT2D eigenvalue weighted by molar-refractivity contribution is 0.249. The highest BCUT2D eigenvalue weighted by atomic mass is 28.3. The van der Waals surface area contributed by atoms with Crippen LogP contribution in [0.4, 0.5) is 4.79 Å². The summed E-state index contributed by atoms with van der Waals surface area (Å²) in [5.74, 6) is 0.612. The van der Waals surface area contributed by atoms with Gasteiger partial charge in [-0.05, 0) is 12.1 Å². The second kappa shape index (κ2) is 4.31. The molecule has 1 aromatic heterocycles. The number of furan rings is 1. The molecule has 0 unspecified atom stereocenters.